The van der Waals surface area contributed by atoms with Gasteiger partial charge in [-0.05, 0) is 42.3 Å². The van der Waals surface area contributed by atoms with E-state index in [1.165, 1.54) is 12.1 Å². The first kappa shape index (κ1) is 13.7. The van der Waals surface area contributed by atoms with Crippen LogP contribution in [-0.2, 0) is 6.42 Å². The van der Waals surface area contributed by atoms with Crippen LogP contribution in [0.25, 0.3) is 11.0 Å². The van der Waals surface area contributed by atoms with Crippen molar-refractivity contribution >= 4 is 11.0 Å². The van der Waals surface area contributed by atoms with E-state index in [4.69, 9.17) is 10.3 Å². The van der Waals surface area contributed by atoms with E-state index in [1.54, 1.807) is 18.3 Å². The van der Waals surface area contributed by atoms with Crippen LogP contribution >= 0.6 is 0 Å². The number of nitrogens with zero attached hydrogens (tertiary/aromatic N) is 1. The highest BCUT2D eigenvalue weighted by Crippen LogP contribution is 2.29. The molecule has 3 aromatic rings. The van der Waals surface area contributed by atoms with Crippen LogP contribution in [0.4, 0.5) is 4.39 Å². The smallest absolute Gasteiger partial charge is 0.134 e. The van der Waals surface area contributed by atoms with Gasteiger partial charge >= 0.3 is 0 Å². The third-order valence-electron chi connectivity index (χ3n) is 3.53. The van der Waals surface area contributed by atoms with Crippen molar-refractivity contribution in [3.05, 3.63) is 65.4 Å². The third kappa shape index (κ3) is 2.53. The van der Waals surface area contributed by atoms with E-state index in [1.807, 2.05) is 12.1 Å². The monoisotopic (exact) mass is 285 g/mol. The second-order valence-corrected chi connectivity index (χ2v) is 4.83. The van der Waals surface area contributed by atoms with Gasteiger partial charge in [0.2, 0.25) is 0 Å². The van der Waals surface area contributed by atoms with Crippen molar-refractivity contribution in [1.82, 2.24) is 10.4 Å². The molecule has 1 aromatic carbocycles. The molecule has 0 aliphatic carbocycles. The van der Waals surface area contributed by atoms with Crippen molar-refractivity contribution in [2.75, 3.05) is 0 Å². The Bertz CT molecular complexity index is 769. The predicted molar refractivity (Wildman–Crippen MR) is 79.0 cm³/mol. The lowest BCUT2D eigenvalue weighted by Crippen LogP contribution is -2.30. The predicted octanol–water partition coefficient (Wildman–Crippen LogP) is 3.08. The molecule has 2 heterocycles. The average Bonchev–Trinajstić information content (AvgIpc) is 2.91. The molecular weight excluding hydrogens is 269 g/mol. The van der Waals surface area contributed by atoms with E-state index < -0.39 is 0 Å². The number of hydrazine groups is 1. The summed E-state index contributed by atoms with van der Waals surface area (Å²) in [5.41, 5.74) is 5.27. The summed E-state index contributed by atoms with van der Waals surface area (Å²) in [6.07, 6.45) is 2.57. The lowest BCUT2D eigenvalue weighted by molar-refractivity contribution is 0.469. The second kappa shape index (κ2) is 5.63. The summed E-state index contributed by atoms with van der Waals surface area (Å²) in [5.74, 6) is 6.01. The molecule has 0 aliphatic rings. The number of benzene rings is 1. The molecule has 0 fully saturated rings. The molecule has 0 saturated heterocycles. The van der Waals surface area contributed by atoms with Gasteiger partial charge in [-0.15, -0.1) is 0 Å². The lowest BCUT2D eigenvalue weighted by Gasteiger charge is -2.15. The quantitative estimate of drug-likeness (QED) is 0.571. The molecular formula is C16H16FN3O. The van der Waals surface area contributed by atoms with Gasteiger partial charge in [-0.25, -0.2) is 9.82 Å². The normalized spacial score (nSPS) is 12.7. The van der Waals surface area contributed by atoms with Gasteiger partial charge in [-0.3, -0.25) is 10.8 Å². The number of rotatable bonds is 4. The third-order valence-corrected chi connectivity index (χ3v) is 3.53. The van der Waals surface area contributed by atoms with E-state index in [2.05, 4.69) is 17.3 Å². The highest BCUT2D eigenvalue weighted by molar-refractivity contribution is 5.78. The number of pyridine rings is 1. The van der Waals surface area contributed by atoms with E-state index in [9.17, 15) is 4.39 Å². The Kier molecular flexibility index (Phi) is 3.68. The highest BCUT2D eigenvalue weighted by atomic mass is 19.1. The summed E-state index contributed by atoms with van der Waals surface area (Å²) < 4.78 is 19.1. The van der Waals surface area contributed by atoms with Crippen LogP contribution in [0, 0.1) is 5.82 Å². The Morgan fingerprint density at radius 1 is 1.33 bits per heavy atom. The molecule has 3 rings (SSSR count). The van der Waals surface area contributed by atoms with Gasteiger partial charge in [0.25, 0.3) is 0 Å². The number of aryl methyl sites for hydroxylation is 1. The summed E-state index contributed by atoms with van der Waals surface area (Å²) in [4.78, 5) is 4.41. The summed E-state index contributed by atoms with van der Waals surface area (Å²) in [6.45, 7) is 2.06. The van der Waals surface area contributed by atoms with Crippen LogP contribution in [0.3, 0.4) is 0 Å². The molecule has 2 aromatic heterocycles. The SMILES string of the molecule is CCc1cccnc1C(NN)c1cc2cc(F)ccc2o1. The Morgan fingerprint density at radius 3 is 2.95 bits per heavy atom. The van der Waals surface area contributed by atoms with Gasteiger partial charge in [0.05, 0.1) is 5.69 Å². The molecule has 3 N–H and O–H groups in total. The molecule has 0 aliphatic heterocycles. The molecule has 0 spiro atoms. The standard InChI is InChI=1S/C16H16FN3O/c1-2-10-4-3-7-19-15(10)16(20-18)14-9-11-8-12(17)5-6-13(11)21-14/h3-9,16,20H,2,18H2,1H3. The average molecular weight is 285 g/mol. The first-order chi connectivity index (χ1) is 10.2. The fraction of sp³-hybridized carbons (Fsp3) is 0.188. The maximum absolute atomic E-state index is 13.3. The highest BCUT2D eigenvalue weighted by Gasteiger charge is 2.21. The first-order valence-electron chi connectivity index (χ1n) is 6.82. The van der Waals surface area contributed by atoms with Crippen molar-refractivity contribution in [1.29, 1.82) is 0 Å². The lowest BCUT2D eigenvalue weighted by atomic mass is 10.0. The number of hydrogen-bond donors (Lipinski definition) is 2. The van der Waals surface area contributed by atoms with Crippen molar-refractivity contribution in [3.8, 4) is 0 Å². The Labute approximate surface area is 121 Å². The van der Waals surface area contributed by atoms with Crippen LogP contribution in [-0.4, -0.2) is 4.98 Å². The zero-order chi connectivity index (χ0) is 14.8. The van der Waals surface area contributed by atoms with E-state index in [0.717, 1.165) is 17.7 Å². The van der Waals surface area contributed by atoms with Gasteiger partial charge in [0.15, 0.2) is 0 Å². The number of nitrogens with two attached hydrogens (primary N) is 1. The molecule has 21 heavy (non-hydrogen) atoms. The van der Waals surface area contributed by atoms with Crippen LogP contribution in [0.1, 0.15) is 30.0 Å². The van der Waals surface area contributed by atoms with Crippen LogP contribution in [0.2, 0.25) is 0 Å². The van der Waals surface area contributed by atoms with Crippen LogP contribution in [0.5, 0.6) is 0 Å². The minimum absolute atomic E-state index is 0.292. The number of furan rings is 1. The van der Waals surface area contributed by atoms with Crippen molar-refractivity contribution < 1.29 is 8.81 Å². The molecule has 0 bridgehead atoms. The van der Waals surface area contributed by atoms with E-state index in [-0.39, 0.29) is 11.9 Å². The van der Waals surface area contributed by atoms with Crippen molar-refractivity contribution in [2.24, 2.45) is 5.84 Å². The summed E-state index contributed by atoms with van der Waals surface area (Å²) >= 11 is 0. The van der Waals surface area contributed by atoms with Crippen molar-refractivity contribution in [3.63, 3.8) is 0 Å². The summed E-state index contributed by atoms with van der Waals surface area (Å²) in [6, 6.07) is 9.75. The molecule has 108 valence electrons. The summed E-state index contributed by atoms with van der Waals surface area (Å²) in [5, 5.41) is 0.708. The molecule has 0 amide bonds. The number of aromatic nitrogens is 1. The number of nitrogens with one attached hydrogen (secondary N) is 1. The Hall–Kier alpha value is -2.24. The van der Waals surface area contributed by atoms with Crippen LogP contribution in [0.15, 0.2) is 47.0 Å². The van der Waals surface area contributed by atoms with E-state index in [0.29, 0.717) is 16.7 Å². The largest absolute Gasteiger partial charge is 0.459 e. The van der Waals surface area contributed by atoms with Gasteiger partial charge in [0, 0.05) is 11.6 Å². The molecule has 1 atom stereocenters. The second-order valence-electron chi connectivity index (χ2n) is 4.83. The minimum atomic E-state index is -0.364. The zero-order valence-corrected chi connectivity index (χ0v) is 11.6. The summed E-state index contributed by atoms with van der Waals surface area (Å²) in [7, 11) is 0. The minimum Gasteiger partial charge on any atom is -0.459 e. The molecule has 0 saturated carbocycles. The van der Waals surface area contributed by atoms with E-state index >= 15 is 0 Å². The van der Waals surface area contributed by atoms with Crippen molar-refractivity contribution in [2.45, 2.75) is 19.4 Å². The number of halogens is 1. The van der Waals surface area contributed by atoms with Crippen LogP contribution < -0.4 is 11.3 Å². The fourth-order valence-corrected chi connectivity index (χ4v) is 2.48. The molecule has 4 nitrogen and oxygen atoms in total. The fourth-order valence-electron chi connectivity index (χ4n) is 2.48. The Balaban J connectivity index is 2.09. The molecule has 0 radical (unpaired) electrons. The number of hydrogen-bond acceptors (Lipinski definition) is 4. The van der Waals surface area contributed by atoms with Gasteiger partial charge in [-0.2, -0.15) is 0 Å². The maximum Gasteiger partial charge on any atom is 0.134 e. The van der Waals surface area contributed by atoms with Gasteiger partial charge in [0.1, 0.15) is 23.2 Å². The maximum atomic E-state index is 13.3. The molecule has 1 unspecified atom stereocenters. The Morgan fingerprint density at radius 2 is 2.19 bits per heavy atom. The molecule has 5 heteroatoms. The first-order valence-corrected chi connectivity index (χ1v) is 6.82. The number of fused-ring (bicyclic) bond motifs is 1. The van der Waals surface area contributed by atoms with Gasteiger partial charge in [-0.1, -0.05) is 13.0 Å². The topological polar surface area (TPSA) is 64.1 Å². The van der Waals surface area contributed by atoms with Gasteiger partial charge < -0.3 is 4.42 Å². The zero-order valence-electron chi connectivity index (χ0n) is 11.6.